The van der Waals surface area contributed by atoms with Gasteiger partial charge in [0.1, 0.15) is 12.0 Å². The summed E-state index contributed by atoms with van der Waals surface area (Å²) in [5.74, 6) is 1.07. The second kappa shape index (κ2) is 11.3. The number of nitrogens with one attached hydrogen (secondary N) is 2. The zero-order valence-electron chi connectivity index (χ0n) is 22.1. The number of aliphatic hydroxyl groups is 1. The van der Waals surface area contributed by atoms with Gasteiger partial charge in [0.2, 0.25) is 5.95 Å². The molecule has 194 valence electrons. The minimum absolute atomic E-state index is 0.438. The Morgan fingerprint density at radius 1 is 1.14 bits per heavy atom. The van der Waals surface area contributed by atoms with Crippen LogP contribution in [0.3, 0.4) is 0 Å². The Morgan fingerprint density at radius 3 is 2.65 bits per heavy atom. The highest BCUT2D eigenvalue weighted by Crippen LogP contribution is 2.38. The van der Waals surface area contributed by atoms with Crippen LogP contribution < -0.4 is 20.3 Å². The average molecular weight is 502 g/mol. The number of nitrogens with zero attached hydrogens (tertiary/aromatic N) is 5. The molecule has 4 rings (SSSR count). The number of anilines is 4. The van der Waals surface area contributed by atoms with Gasteiger partial charge in [-0.25, -0.2) is 9.97 Å². The van der Waals surface area contributed by atoms with Gasteiger partial charge in [0.15, 0.2) is 0 Å². The van der Waals surface area contributed by atoms with Crippen molar-refractivity contribution < 1.29 is 9.84 Å². The van der Waals surface area contributed by atoms with Gasteiger partial charge in [-0.15, -0.1) is 0 Å². The summed E-state index contributed by atoms with van der Waals surface area (Å²) in [7, 11) is 9.74. The van der Waals surface area contributed by atoms with Crippen LogP contribution >= 0.6 is 0 Å². The summed E-state index contributed by atoms with van der Waals surface area (Å²) in [6, 6.07) is 14.0. The molecule has 2 heterocycles. The third-order valence-electron chi connectivity index (χ3n) is 6.21. The lowest BCUT2D eigenvalue weighted by Gasteiger charge is -2.27. The van der Waals surface area contributed by atoms with Gasteiger partial charge >= 0.3 is 0 Å². The lowest BCUT2D eigenvalue weighted by molar-refractivity contribution is 0.253. The molecule has 37 heavy (non-hydrogen) atoms. The fraction of sp³-hybridized carbons (Fsp3) is 0.286. The number of methoxy groups -OCH3 is 1. The average Bonchev–Trinajstić information content (AvgIpc) is 3.24. The van der Waals surface area contributed by atoms with E-state index < -0.39 is 6.23 Å². The van der Waals surface area contributed by atoms with Crippen LogP contribution in [0.1, 0.15) is 0 Å². The van der Waals surface area contributed by atoms with Gasteiger partial charge < -0.3 is 34.8 Å². The number of hydrogen-bond donors (Lipinski definition) is 3. The van der Waals surface area contributed by atoms with Crippen LogP contribution in [0.5, 0.6) is 5.75 Å². The molecular weight excluding hydrogens is 466 g/mol. The zero-order chi connectivity index (χ0) is 26.5. The van der Waals surface area contributed by atoms with Gasteiger partial charge in [-0.05, 0) is 38.4 Å². The maximum Gasteiger partial charge on any atom is 0.227 e. The molecule has 1 unspecified atom stereocenters. The Bertz CT molecular complexity index is 1380. The van der Waals surface area contributed by atoms with E-state index in [-0.39, 0.29) is 0 Å². The van der Waals surface area contributed by atoms with Crippen molar-refractivity contribution in [1.82, 2.24) is 19.4 Å². The molecule has 9 nitrogen and oxygen atoms in total. The Morgan fingerprint density at radius 2 is 1.92 bits per heavy atom. The van der Waals surface area contributed by atoms with Crippen molar-refractivity contribution in [1.29, 1.82) is 0 Å². The largest absolute Gasteiger partial charge is 0.494 e. The van der Waals surface area contributed by atoms with Gasteiger partial charge in [0.05, 0.1) is 29.9 Å². The van der Waals surface area contributed by atoms with Crippen molar-refractivity contribution in [3.63, 3.8) is 0 Å². The van der Waals surface area contributed by atoms with Crippen LogP contribution in [-0.2, 0) is 7.05 Å². The summed E-state index contributed by atoms with van der Waals surface area (Å²) in [6.07, 6.45) is 4.35. The predicted octanol–water partition coefficient (Wildman–Crippen LogP) is 4.30. The van der Waals surface area contributed by atoms with Crippen LogP contribution in [0, 0.1) is 0 Å². The number of fused-ring (bicyclic) bond motifs is 1. The first-order chi connectivity index (χ1) is 17.8. The minimum Gasteiger partial charge on any atom is -0.494 e. The smallest absolute Gasteiger partial charge is 0.227 e. The number of aromatic nitrogens is 3. The van der Waals surface area contributed by atoms with Gasteiger partial charge in [-0.2, -0.15) is 0 Å². The monoisotopic (exact) mass is 501 g/mol. The van der Waals surface area contributed by atoms with Crippen LogP contribution in [0.2, 0.25) is 0 Å². The molecule has 0 fully saturated rings. The van der Waals surface area contributed by atoms with Gasteiger partial charge in [-0.1, -0.05) is 24.8 Å². The molecule has 0 amide bonds. The fourth-order valence-electron chi connectivity index (χ4n) is 4.19. The Hall–Kier alpha value is -4.08. The fourth-order valence-corrected chi connectivity index (χ4v) is 4.19. The molecule has 0 bridgehead atoms. The lowest BCUT2D eigenvalue weighted by Crippen LogP contribution is -2.29. The first-order valence-corrected chi connectivity index (χ1v) is 12.1. The molecule has 0 saturated carbocycles. The van der Waals surface area contributed by atoms with Crippen LogP contribution in [0.15, 0.2) is 67.5 Å². The molecule has 0 spiro atoms. The molecule has 2 aromatic carbocycles. The summed E-state index contributed by atoms with van der Waals surface area (Å²) < 4.78 is 7.82. The van der Waals surface area contributed by atoms with E-state index >= 15 is 0 Å². The highest BCUT2D eigenvalue weighted by Gasteiger charge is 2.17. The second-order valence-electron chi connectivity index (χ2n) is 9.18. The number of benzene rings is 2. The maximum absolute atomic E-state index is 10.3. The van der Waals surface area contributed by atoms with Gasteiger partial charge in [0, 0.05) is 62.1 Å². The van der Waals surface area contributed by atoms with Crippen molar-refractivity contribution in [3.8, 4) is 17.0 Å². The molecule has 4 aromatic rings. The van der Waals surface area contributed by atoms with E-state index in [9.17, 15) is 5.11 Å². The quantitative estimate of drug-likeness (QED) is 0.207. The van der Waals surface area contributed by atoms with E-state index in [0.717, 1.165) is 46.6 Å². The van der Waals surface area contributed by atoms with E-state index in [1.54, 1.807) is 13.3 Å². The molecular formula is C28H35N7O2. The first kappa shape index (κ1) is 26.0. The topological polar surface area (TPSA) is 90.7 Å². The maximum atomic E-state index is 10.3. The summed E-state index contributed by atoms with van der Waals surface area (Å²) in [6.45, 7) is 5.34. The molecule has 0 aliphatic rings. The minimum atomic E-state index is -0.909. The van der Waals surface area contributed by atoms with Crippen LogP contribution in [-0.4, -0.2) is 72.1 Å². The van der Waals surface area contributed by atoms with Crippen molar-refractivity contribution in [3.05, 3.63) is 67.5 Å². The molecule has 3 N–H and O–H groups in total. The number of hydrogen-bond acceptors (Lipinski definition) is 8. The molecule has 0 aliphatic carbocycles. The Balaban J connectivity index is 1.70. The third kappa shape index (κ3) is 5.84. The van der Waals surface area contributed by atoms with Gasteiger partial charge in [0.25, 0.3) is 0 Å². The van der Waals surface area contributed by atoms with Crippen LogP contribution in [0.4, 0.5) is 23.0 Å². The van der Waals surface area contributed by atoms with Crippen molar-refractivity contribution in [2.24, 2.45) is 7.05 Å². The predicted molar refractivity (Wildman–Crippen MR) is 152 cm³/mol. The van der Waals surface area contributed by atoms with Gasteiger partial charge in [-0.3, -0.25) is 0 Å². The molecule has 0 aliphatic heterocycles. The van der Waals surface area contributed by atoms with Crippen molar-refractivity contribution in [2.75, 3.05) is 56.9 Å². The molecule has 1 atom stereocenters. The molecule has 0 saturated heterocycles. The van der Waals surface area contributed by atoms with Crippen molar-refractivity contribution in [2.45, 2.75) is 6.23 Å². The Kier molecular flexibility index (Phi) is 7.95. The molecule has 2 aromatic heterocycles. The summed E-state index contributed by atoms with van der Waals surface area (Å²) >= 11 is 0. The van der Waals surface area contributed by atoms with E-state index in [1.807, 2.05) is 58.5 Å². The van der Waals surface area contributed by atoms with Crippen molar-refractivity contribution >= 4 is 33.9 Å². The van der Waals surface area contributed by atoms with E-state index in [4.69, 9.17) is 9.72 Å². The summed E-state index contributed by atoms with van der Waals surface area (Å²) in [5, 5.41) is 17.8. The summed E-state index contributed by atoms with van der Waals surface area (Å²) in [5.41, 5.74) is 5.26. The number of para-hydroxylation sites is 1. The number of rotatable bonds is 11. The highest BCUT2D eigenvalue weighted by atomic mass is 16.5. The van der Waals surface area contributed by atoms with Crippen LogP contribution in [0.25, 0.3) is 22.2 Å². The molecule has 0 radical (unpaired) electrons. The van der Waals surface area contributed by atoms with E-state index in [2.05, 4.69) is 54.9 Å². The van der Waals surface area contributed by atoms with E-state index in [0.29, 0.717) is 17.4 Å². The SMILES string of the molecule is C=CC(O)Nc1cc(Nc2nccc(-c3cn(C)c4ccccc34)n2)c(OC)cc1N(C)CCN(C)C. The number of ether oxygens (including phenoxy) is 1. The lowest BCUT2D eigenvalue weighted by atomic mass is 10.1. The normalized spacial score (nSPS) is 12.0. The number of aliphatic hydroxyl groups excluding tert-OH is 1. The third-order valence-corrected chi connectivity index (χ3v) is 6.21. The standard InChI is InChI=1S/C28H35N7O2/c1-7-27(36)30-22-16-23(26(37-6)17-25(22)34(4)15-14-33(2)3)32-28-29-13-12-21(31-28)20-18-35(5)24-11-9-8-10-19(20)24/h7-13,16-18,27,30,36H,1,14-15H2,2-6H3,(H,29,31,32). The molecule has 9 heteroatoms. The Labute approximate surface area is 218 Å². The number of likely N-dealkylation sites (N-methyl/N-ethyl adjacent to an activating group) is 2. The zero-order valence-corrected chi connectivity index (χ0v) is 22.1. The first-order valence-electron chi connectivity index (χ1n) is 12.1. The second-order valence-corrected chi connectivity index (χ2v) is 9.18. The number of aryl methyl sites for hydroxylation is 1. The summed E-state index contributed by atoms with van der Waals surface area (Å²) in [4.78, 5) is 13.5. The highest BCUT2D eigenvalue weighted by molar-refractivity contribution is 5.95. The van der Waals surface area contributed by atoms with E-state index in [1.165, 1.54) is 6.08 Å².